The van der Waals surface area contributed by atoms with Gasteiger partial charge in [0.05, 0.1) is 12.2 Å². The van der Waals surface area contributed by atoms with Crippen molar-refractivity contribution in [3.05, 3.63) is 15.6 Å². The quantitative estimate of drug-likeness (QED) is 0.926. The van der Waals surface area contributed by atoms with Crippen molar-refractivity contribution in [2.45, 2.75) is 65.3 Å². The van der Waals surface area contributed by atoms with Crippen molar-refractivity contribution >= 4 is 11.3 Å². The Kier molecular flexibility index (Phi) is 4.64. The smallest absolute Gasteiger partial charge is 0.107 e. The van der Waals surface area contributed by atoms with Crippen LogP contribution in [-0.4, -0.2) is 52.5 Å². The molecular formula is C16H28N4S. The zero-order valence-corrected chi connectivity index (χ0v) is 14.5. The molecule has 118 valence electrons. The molecule has 0 spiro atoms. The highest BCUT2D eigenvalue weighted by atomic mass is 32.1. The van der Waals surface area contributed by atoms with E-state index in [2.05, 4.69) is 42.8 Å². The minimum Gasteiger partial charge on any atom is -0.311 e. The van der Waals surface area contributed by atoms with Gasteiger partial charge in [-0.05, 0) is 27.7 Å². The molecule has 1 saturated heterocycles. The number of hydrogen-bond acceptors (Lipinski definition) is 5. The normalized spacial score (nSPS) is 28.0. The molecule has 2 atom stereocenters. The monoisotopic (exact) mass is 308 g/mol. The lowest BCUT2D eigenvalue weighted by Crippen LogP contribution is -2.53. The van der Waals surface area contributed by atoms with Crippen LogP contribution in [0, 0.1) is 0 Å². The van der Waals surface area contributed by atoms with Gasteiger partial charge >= 0.3 is 0 Å². The molecule has 0 bridgehead atoms. The van der Waals surface area contributed by atoms with Crippen molar-refractivity contribution in [1.82, 2.24) is 20.1 Å². The van der Waals surface area contributed by atoms with Gasteiger partial charge in [-0.1, -0.05) is 0 Å². The first kappa shape index (κ1) is 15.4. The fourth-order valence-corrected chi connectivity index (χ4v) is 4.43. The Morgan fingerprint density at radius 1 is 1.38 bits per heavy atom. The molecule has 2 aliphatic heterocycles. The lowest BCUT2D eigenvalue weighted by atomic mass is 10.1. The Morgan fingerprint density at radius 3 is 2.95 bits per heavy atom. The van der Waals surface area contributed by atoms with Crippen molar-refractivity contribution in [3.8, 4) is 0 Å². The second-order valence-corrected chi connectivity index (χ2v) is 8.05. The summed E-state index contributed by atoms with van der Waals surface area (Å²) in [5.74, 6) is 0. The number of aromatic nitrogens is 1. The topological polar surface area (TPSA) is 31.4 Å². The summed E-state index contributed by atoms with van der Waals surface area (Å²) in [7, 11) is 0. The van der Waals surface area contributed by atoms with Crippen LogP contribution in [0.15, 0.2) is 0 Å². The number of rotatable bonds is 3. The maximum Gasteiger partial charge on any atom is 0.107 e. The molecule has 2 aliphatic rings. The molecule has 0 radical (unpaired) electrons. The molecule has 3 rings (SSSR count). The molecule has 1 N–H and O–H groups in total. The average Bonchev–Trinajstić information content (AvgIpc) is 2.84. The Bertz CT molecular complexity index is 485. The van der Waals surface area contributed by atoms with E-state index in [0.29, 0.717) is 18.1 Å². The zero-order chi connectivity index (χ0) is 15.0. The molecule has 2 unspecified atom stereocenters. The Hall–Kier alpha value is -0.490. The highest BCUT2D eigenvalue weighted by Gasteiger charge is 2.26. The lowest BCUT2D eigenvalue weighted by Gasteiger charge is -2.36. The van der Waals surface area contributed by atoms with E-state index in [1.54, 1.807) is 0 Å². The Morgan fingerprint density at radius 2 is 2.19 bits per heavy atom. The van der Waals surface area contributed by atoms with Crippen LogP contribution < -0.4 is 5.32 Å². The summed E-state index contributed by atoms with van der Waals surface area (Å²) >= 11 is 1.94. The van der Waals surface area contributed by atoms with E-state index in [4.69, 9.17) is 4.98 Å². The van der Waals surface area contributed by atoms with Gasteiger partial charge in [-0.3, -0.25) is 9.80 Å². The number of piperazine rings is 1. The van der Waals surface area contributed by atoms with Gasteiger partial charge in [0.25, 0.3) is 0 Å². The number of thiazole rings is 1. The van der Waals surface area contributed by atoms with E-state index in [1.165, 1.54) is 15.6 Å². The number of hydrogen-bond donors (Lipinski definition) is 1. The van der Waals surface area contributed by atoms with Crippen LogP contribution in [0.25, 0.3) is 0 Å². The van der Waals surface area contributed by atoms with E-state index in [1.807, 2.05) is 11.3 Å². The maximum absolute atomic E-state index is 4.93. The molecule has 0 aliphatic carbocycles. The zero-order valence-electron chi connectivity index (χ0n) is 13.7. The average molecular weight is 308 g/mol. The summed E-state index contributed by atoms with van der Waals surface area (Å²) in [6.45, 7) is 14.7. The van der Waals surface area contributed by atoms with Gasteiger partial charge in [0.15, 0.2) is 0 Å². The van der Waals surface area contributed by atoms with Crippen LogP contribution >= 0.6 is 11.3 Å². The highest BCUT2D eigenvalue weighted by molar-refractivity contribution is 7.11. The Labute approximate surface area is 132 Å². The number of nitrogens with one attached hydrogen (secondary N) is 1. The van der Waals surface area contributed by atoms with Crippen LogP contribution in [0.1, 0.15) is 43.3 Å². The minimum absolute atomic E-state index is 0.590. The maximum atomic E-state index is 4.93. The van der Waals surface area contributed by atoms with E-state index < -0.39 is 0 Å². The van der Waals surface area contributed by atoms with E-state index in [9.17, 15) is 0 Å². The Balaban J connectivity index is 1.68. The lowest BCUT2D eigenvalue weighted by molar-refractivity contribution is 0.138. The highest BCUT2D eigenvalue weighted by Crippen LogP contribution is 2.27. The third-order valence-corrected chi connectivity index (χ3v) is 5.83. The molecule has 1 aromatic rings. The van der Waals surface area contributed by atoms with Crippen LogP contribution in [0.2, 0.25) is 0 Å². The van der Waals surface area contributed by atoms with Gasteiger partial charge < -0.3 is 5.32 Å². The van der Waals surface area contributed by atoms with E-state index in [0.717, 1.165) is 39.1 Å². The summed E-state index contributed by atoms with van der Waals surface area (Å²) < 4.78 is 0. The van der Waals surface area contributed by atoms with Crippen molar-refractivity contribution in [1.29, 1.82) is 0 Å². The molecule has 0 aromatic carbocycles. The van der Waals surface area contributed by atoms with Crippen molar-refractivity contribution in [2.24, 2.45) is 0 Å². The summed E-state index contributed by atoms with van der Waals surface area (Å²) in [6.07, 6.45) is 1.12. The first-order valence-electron chi connectivity index (χ1n) is 8.22. The standard InChI is InChI=1S/C16H28N4S/c1-11(2)19-6-5-14-15(9-19)21-16(18-14)10-20-8-12(3)17-7-13(20)4/h11-13,17H,5-10H2,1-4H3. The van der Waals surface area contributed by atoms with E-state index in [-0.39, 0.29) is 0 Å². The van der Waals surface area contributed by atoms with Crippen molar-refractivity contribution in [2.75, 3.05) is 19.6 Å². The number of nitrogens with zero attached hydrogens (tertiary/aromatic N) is 3. The molecular weight excluding hydrogens is 280 g/mol. The first-order valence-corrected chi connectivity index (χ1v) is 9.03. The van der Waals surface area contributed by atoms with Gasteiger partial charge in [-0.15, -0.1) is 11.3 Å². The summed E-state index contributed by atoms with van der Waals surface area (Å²) in [4.78, 5) is 11.6. The van der Waals surface area contributed by atoms with Crippen LogP contribution in [-0.2, 0) is 19.5 Å². The third-order valence-electron chi connectivity index (χ3n) is 4.77. The van der Waals surface area contributed by atoms with Crippen LogP contribution in [0.3, 0.4) is 0 Å². The van der Waals surface area contributed by atoms with Crippen LogP contribution in [0.4, 0.5) is 0 Å². The van der Waals surface area contributed by atoms with Crippen molar-refractivity contribution < 1.29 is 0 Å². The fourth-order valence-electron chi connectivity index (χ4n) is 3.27. The molecule has 0 saturated carbocycles. The van der Waals surface area contributed by atoms with Gasteiger partial charge in [0.2, 0.25) is 0 Å². The molecule has 1 fully saturated rings. The molecule has 3 heterocycles. The van der Waals surface area contributed by atoms with E-state index >= 15 is 0 Å². The van der Waals surface area contributed by atoms with Gasteiger partial charge in [-0.2, -0.15) is 0 Å². The van der Waals surface area contributed by atoms with Crippen molar-refractivity contribution in [3.63, 3.8) is 0 Å². The van der Waals surface area contributed by atoms with Gasteiger partial charge in [-0.25, -0.2) is 4.98 Å². The minimum atomic E-state index is 0.590. The molecule has 1 aromatic heterocycles. The summed E-state index contributed by atoms with van der Waals surface area (Å²) in [5.41, 5.74) is 1.36. The summed E-state index contributed by atoms with van der Waals surface area (Å²) in [5, 5.41) is 4.86. The SMILES string of the molecule is CC1CN(Cc2nc3c(s2)CN(C(C)C)CC3)C(C)CN1. The van der Waals surface area contributed by atoms with Crippen LogP contribution in [0.5, 0.6) is 0 Å². The second-order valence-electron chi connectivity index (χ2n) is 6.88. The largest absolute Gasteiger partial charge is 0.311 e. The molecule has 0 amide bonds. The molecule has 21 heavy (non-hydrogen) atoms. The predicted octanol–water partition coefficient (Wildman–Crippen LogP) is 2.09. The first-order chi connectivity index (χ1) is 10.0. The third kappa shape index (κ3) is 3.47. The molecule has 4 nitrogen and oxygen atoms in total. The predicted molar refractivity (Wildman–Crippen MR) is 88.7 cm³/mol. The fraction of sp³-hybridized carbons (Fsp3) is 0.812. The number of fused-ring (bicyclic) bond motifs is 1. The summed E-state index contributed by atoms with van der Waals surface area (Å²) in [6, 6.07) is 1.83. The molecule has 5 heteroatoms. The second kappa shape index (κ2) is 6.32. The van der Waals surface area contributed by atoms with Gasteiger partial charge in [0, 0.05) is 55.6 Å². The van der Waals surface area contributed by atoms with Gasteiger partial charge in [0.1, 0.15) is 5.01 Å².